The number of hydrogen-bond acceptors (Lipinski definition) is 4. The van der Waals surface area contributed by atoms with Gasteiger partial charge in [0.25, 0.3) is 5.56 Å². The third-order valence-electron chi connectivity index (χ3n) is 2.31. The standard InChI is InChI=1S/C11H10N2O4/c14-6-1-2-8-7(5-6)11(17)13-9(12-8)3-4-10(15)16/h1-2,5,14H,3-4H2,(H,15,16)(H,12,13,17). The number of rotatable bonds is 3. The number of aromatic nitrogens is 2. The number of aromatic hydroxyl groups is 1. The number of nitrogens with one attached hydrogen (secondary N) is 1. The highest BCUT2D eigenvalue weighted by Crippen LogP contribution is 2.14. The summed E-state index contributed by atoms with van der Waals surface area (Å²) in [6.07, 6.45) is 0.0773. The van der Waals surface area contributed by atoms with Crippen molar-refractivity contribution in [1.82, 2.24) is 9.97 Å². The Bertz CT molecular complexity index is 633. The summed E-state index contributed by atoms with van der Waals surface area (Å²) in [5.41, 5.74) is 0.0539. The van der Waals surface area contributed by atoms with Crippen molar-refractivity contribution in [3.63, 3.8) is 0 Å². The van der Waals surface area contributed by atoms with Crippen molar-refractivity contribution < 1.29 is 15.0 Å². The molecule has 17 heavy (non-hydrogen) atoms. The van der Waals surface area contributed by atoms with E-state index in [1.165, 1.54) is 18.2 Å². The first-order chi connectivity index (χ1) is 8.06. The minimum absolute atomic E-state index is 0.0110. The highest BCUT2D eigenvalue weighted by Gasteiger charge is 2.06. The van der Waals surface area contributed by atoms with Crippen molar-refractivity contribution in [3.05, 3.63) is 34.4 Å². The molecule has 2 aromatic rings. The molecule has 0 atom stereocenters. The molecule has 0 unspecified atom stereocenters. The quantitative estimate of drug-likeness (QED) is 0.723. The molecule has 6 heteroatoms. The number of nitrogens with zero attached hydrogens (tertiary/aromatic N) is 1. The average molecular weight is 234 g/mol. The molecule has 0 saturated carbocycles. The molecule has 0 bridgehead atoms. The van der Waals surface area contributed by atoms with Gasteiger partial charge in [0.1, 0.15) is 11.6 Å². The lowest BCUT2D eigenvalue weighted by Crippen LogP contribution is -2.12. The number of H-pyrrole nitrogens is 1. The van der Waals surface area contributed by atoms with Crippen molar-refractivity contribution in [2.24, 2.45) is 0 Å². The van der Waals surface area contributed by atoms with Crippen molar-refractivity contribution in [2.75, 3.05) is 0 Å². The molecule has 0 aliphatic heterocycles. The van der Waals surface area contributed by atoms with Gasteiger partial charge in [-0.2, -0.15) is 0 Å². The van der Waals surface area contributed by atoms with Crippen LogP contribution in [-0.2, 0) is 11.2 Å². The van der Waals surface area contributed by atoms with Gasteiger partial charge in [0, 0.05) is 6.42 Å². The van der Waals surface area contributed by atoms with E-state index in [9.17, 15) is 14.7 Å². The van der Waals surface area contributed by atoms with Crippen LogP contribution in [0.4, 0.5) is 0 Å². The lowest BCUT2D eigenvalue weighted by atomic mass is 10.2. The number of carboxylic acid groups (broad SMARTS) is 1. The van der Waals surface area contributed by atoms with Crippen LogP contribution < -0.4 is 5.56 Å². The van der Waals surface area contributed by atoms with Crippen molar-refractivity contribution >= 4 is 16.9 Å². The largest absolute Gasteiger partial charge is 0.508 e. The Balaban J connectivity index is 2.45. The maximum Gasteiger partial charge on any atom is 0.303 e. The Morgan fingerprint density at radius 2 is 2.18 bits per heavy atom. The van der Waals surface area contributed by atoms with Gasteiger partial charge in [-0.15, -0.1) is 0 Å². The van der Waals surface area contributed by atoms with Gasteiger partial charge in [-0.1, -0.05) is 0 Å². The molecular weight excluding hydrogens is 224 g/mol. The SMILES string of the molecule is O=C(O)CCc1nc2ccc(O)cc2c(=O)[nH]1. The lowest BCUT2D eigenvalue weighted by Gasteiger charge is -2.01. The van der Waals surface area contributed by atoms with Gasteiger partial charge in [-0.3, -0.25) is 9.59 Å². The topological polar surface area (TPSA) is 103 Å². The molecule has 3 N–H and O–H groups in total. The summed E-state index contributed by atoms with van der Waals surface area (Å²) >= 11 is 0. The molecule has 1 aromatic carbocycles. The van der Waals surface area contributed by atoms with Crippen molar-refractivity contribution in [2.45, 2.75) is 12.8 Å². The zero-order valence-electron chi connectivity index (χ0n) is 8.80. The number of carboxylic acids is 1. The highest BCUT2D eigenvalue weighted by atomic mass is 16.4. The minimum Gasteiger partial charge on any atom is -0.508 e. The molecular formula is C11H10N2O4. The summed E-state index contributed by atoms with van der Waals surface area (Å²) in [6.45, 7) is 0. The molecule has 0 aliphatic carbocycles. The van der Waals surface area contributed by atoms with Crippen LogP contribution in [0.15, 0.2) is 23.0 Å². The summed E-state index contributed by atoms with van der Waals surface area (Å²) in [5, 5.41) is 18.1. The van der Waals surface area contributed by atoms with E-state index in [2.05, 4.69) is 9.97 Å². The van der Waals surface area contributed by atoms with Crippen LogP contribution in [0, 0.1) is 0 Å². The van der Waals surface area contributed by atoms with E-state index in [-0.39, 0.29) is 29.5 Å². The third kappa shape index (κ3) is 2.41. The van der Waals surface area contributed by atoms with Crippen LogP contribution in [0.1, 0.15) is 12.2 Å². The van der Waals surface area contributed by atoms with E-state index in [0.29, 0.717) is 11.3 Å². The molecule has 88 valence electrons. The van der Waals surface area contributed by atoms with Gasteiger partial charge in [0.15, 0.2) is 0 Å². The normalized spacial score (nSPS) is 10.6. The Labute approximate surface area is 95.6 Å². The number of aromatic amines is 1. The molecule has 1 heterocycles. The smallest absolute Gasteiger partial charge is 0.303 e. The minimum atomic E-state index is -0.946. The number of aliphatic carboxylic acids is 1. The number of hydrogen-bond donors (Lipinski definition) is 3. The summed E-state index contributed by atoms with van der Waals surface area (Å²) in [7, 11) is 0. The van der Waals surface area contributed by atoms with Gasteiger partial charge in [-0.25, -0.2) is 4.98 Å². The number of aryl methyl sites for hydroxylation is 1. The molecule has 0 saturated heterocycles. The summed E-state index contributed by atoms with van der Waals surface area (Å²) in [4.78, 5) is 28.7. The predicted molar refractivity (Wildman–Crippen MR) is 60.0 cm³/mol. The van der Waals surface area contributed by atoms with E-state index in [1.807, 2.05) is 0 Å². The van der Waals surface area contributed by atoms with E-state index < -0.39 is 5.97 Å². The van der Waals surface area contributed by atoms with Crippen molar-refractivity contribution in [3.8, 4) is 5.75 Å². The monoisotopic (exact) mass is 234 g/mol. The fourth-order valence-corrected chi connectivity index (χ4v) is 1.52. The first-order valence-corrected chi connectivity index (χ1v) is 5.00. The summed E-state index contributed by atoms with van der Waals surface area (Å²) in [6, 6.07) is 4.27. The molecule has 0 spiro atoms. The Morgan fingerprint density at radius 3 is 2.88 bits per heavy atom. The van der Waals surface area contributed by atoms with Crippen LogP contribution in [-0.4, -0.2) is 26.2 Å². The van der Waals surface area contributed by atoms with Crippen LogP contribution in [0.2, 0.25) is 0 Å². The maximum absolute atomic E-state index is 11.6. The molecule has 0 amide bonds. The van der Waals surface area contributed by atoms with Gasteiger partial charge >= 0.3 is 5.97 Å². The number of phenolic OH excluding ortho intramolecular Hbond substituents is 1. The van der Waals surface area contributed by atoms with Gasteiger partial charge < -0.3 is 15.2 Å². The fraction of sp³-hybridized carbons (Fsp3) is 0.182. The zero-order valence-corrected chi connectivity index (χ0v) is 8.80. The first kappa shape index (κ1) is 11.1. The number of carbonyl (C=O) groups is 1. The molecule has 1 aromatic heterocycles. The molecule has 0 radical (unpaired) electrons. The number of fused-ring (bicyclic) bond motifs is 1. The second-order valence-corrected chi connectivity index (χ2v) is 3.61. The Morgan fingerprint density at radius 1 is 1.41 bits per heavy atom. The van der Waals surface area contributed by atoms with Gasteiger partial charge in [0.05, 0.1) is 17.3 Å². The zero-order chi connectivity index (χ0) is 12.4. The lowest BCUT2D eigenvalue weighted by molar-refractivity contribution is -0.137. The van der Waals surface area contributed by atoms with E-state index >= 15 is 0 Å². The number of benzene rings is 1. The van der Waals surface area contributed by atoms with Crippen LogP contribution >= 0.6 is 0 Å². The van der Waals surface area contributed by atoms with Gasteiger partial charge in [-0.05, 0) is 18.2 Å². The molecule has 6 nitrogen and oxygen atoms in total. The highest BCUT2D eigenvalue weighted by molar-refractivity contribution is 5.79. The summed E-state index contributed by atoms with van der Waals surface area (Å²) < 4.78 is 0. The molecule has 0 fully saturated rings. The second-order valence-electron chi connectivity index (χ2n) is 3.61. The molecule has 2 rings (SSSR count). The average Bonchev–Trinajstić information content (AvgIpc) is 2.27. The second kappa shape index (κ2) is 4.25. The summed E-state index contributed by atoms with van der Waals surface area (Å²) in [5.74, 6) is -0.628. The van der Waals surface area contributed by atoms with Crippen LogP contribution in [0.25, 0.3) is 10.9 Å². The Kier molecular flexibility index (Phi) is 2.78. The van der Waals surface area contributed by atoms with E-state index in [0.717, 1.165) is 0 Å². The number of phenols is 1. The first-order valence-electron chi connectivity index (χ1n) is 5.00. The Hall–Kier alpha value is -2.37. The molecule has 0 aliphatic rings. The van der Waals surface area contributed by atoms with E-state index in [1.54, 1.807) is 0 Å². The predicted octanol–water partition coefficient (Wildman–Crippen LogP) is 0.646. The van der Waals surface area contributed by atoms with E-state index in [4.69, 9.17) is 5.11 Å². The van der Waals surface area contributed by atoms with Crippen molar-refractivity contribution in [1.29, 1.82) is 0 Å². The maximum atomic E-state index is 11.6. The fourth-order valence-electron chi connectivity index (χ4n) is 1.52. The van der Waals surface area contributed by atoms with Crippen LogP contribution in [0.3, 0.4) is 0 Å². The van der Waals surface area contributed by atoms with Gasteiger partial charge in [0.2, 0.25) is 0 Å². The van der Waals surface area contributed by atoms with Crippen LogP contribution in [0.5, 0.6) is 5.75 Å². The third-order valence-corrected chi connectivity index (χ3v) is 2.31.